The van der Waals surface area contributed by atoms with Crippen molar-refractivity contribution in [1.29, 1.82) is 0 Å². The summed E-state index contributed by atoms with van der Waals surface area (Å²) in [4.78, 5) is 26.6. The predicted molar refractivity (Wildman–Crippen MR) is 125 cm³/mol. The van der Waals surface area contributed by atoms with Crippen molar-refractivity contribution in [2.75, 3.05) is 31.9 Å². The van der Waals surface area contributed by atoms with E-state index in [-0.39, 0.29) is 36.6 Å². The van der Waals surface area contributed by atoms with Gasteiger partial charge in [-0.15, -0.1) is 24.8 Å². The van der Waals surface area contributed by atoms with Crippen molar-refractivity contribution in [3.05, 3.63) is 65.2 Å². The van der Waals surface area contributed by atoms with Gasteiger partial charge in [-0.2, -0.15) is 0 Å². The quantitative estimate of drug-likeness (QED) is 0.537. The van der Waals surface area contributed by atoms with E-state index in [0.29, 0.717) is 30.8 Å². The van der Waals surface area contributed by atoms with Gasteiger partial charge < -0.3 is 21.3 Å². The third-order valence-corrected chi connectivity index (χ3v) is 4.96. The molecule has 0 radical (unpaired) electrons. The Kier molecular flexibility index (Phi) is 11.3. The lowest BCUT2D eigenvalue weighted by Gasteiger charge is -2.14. The summed E-state index contributed by atoms with van der Waals surface area (Å²) in [5.41, 5.74) is 8.85. The Morgan fingerprint density at radius 3 is 2.10 bits per heavy atom. The number of nitrogens with two attached hydrogens (primary N) is 1. The van der Waals surface area contributed by atoms with Crippen molar-refractivity contribution in [1.82, 2.24) is 15.5 Å². The van der Waals surface area contributed by atoms with Crippen LogP contribution in [-0.2, 0) is 17.8 Å². The monoisotopic (exact) mass is 452 g/mol. The van der Waals surface area contributed by atoms with Gasteiger partial charge in [-0.3, -0.25) is 9.59 Å². The topological polar surface area (TPSA) is 87.5 Å². The minimum absolute atomic E-state index is 0. The van der Waals surface area contributed by atoms with E-state index in [2.05, 4.69) is 15.5 Å². The molecule has 0 atom stereocenters. The number of halogens is 2. The van der Waals surface area contributed by atoms with E-state index in [1.165, 1.54) is 12.8 Å². The number of hydrogen-bond acceptors (Lipinski definition) is 4. The molecule has 30 heavy (non-hydrogen) atoms. The number of anilines is 1. The van der Waals surface area contributed by atoms with Crippen LogP contribution in [0, 0.1) is 0 Å². The number of benzene rings is 2. The fourth-order valence-corrected chi connectivity index (χ4v) is 3.29. The molecular weight excluding hydrogens is 423 g/mol. The van der Waals surface area contributed by atoms with E-state index in [0.717, 1.165) is 30.8 Å². The molecule has 164 valence electrons. The van der Waals surface area contributed by atoms with Crippen LogP contribution in [0.4, 0.5) is 5.69 Å². The number of amides is 2. The van der Waals surface area contributed by atoms with Crippen molar-refractivity contribution < 1.29 is 9.59 Å². The maximum absolute atomic E-state index is 12.2. The molecule has 0 aliphatic carbocycles. The molecule has 2 aromatic carbocycles. The summed E-state index contributed by atoms with van der Waals surface area (Å²) in [6, 6.07) is 14.6. The SMILES string of the molecule is Cl.Cl.Nc1ccc(CC(=O)NCc2ccc(C(=O)NCCN3CCCC3)cc2)cc1. The molecule has 4 N–H and O–H groups in total. The molecule has 0 unspecified atom stereocenters. The first-order chi connectivity index (χ1) is 13.6. The van der Waals surface area contributed by atoms with Crippen LogP contribution in [0.5, 0.6) is 0 Å². The van der Waals surface area contributed by atoms with Gasteiger partial charge in [0.1, 0.15) is 0 Å². The predicted octanol–water partition coefficient (Wildman–Crippen LogP) is 2.80. The highest BCUT2D eigenvalue weighted by Gasteiger charge is 2.12. The highest BCUT2D eigenvalue weighted by atomic mass is 35.5. The second kappa shape index (κ2) is 13.1. The summed E-state index contributed by atoms with van der Waals surface area (Å²) < 4.78 is 0. The third kappa shape index (κ3) is 8.22. The maximum atomic E-state index is 12.2. The summed E-state index contributed by atoms with van der Waals surface area (Å²) >= 11 is 0. The number of likely N-dealkylation sites (tertiary alicyclic amines) is 1. The van der Waals surface area contributed by atoms with Crippen LogP contribution >= 0.6 is 24.8 Å². The zero-order valence-corrected chi connectivity index (χ0v) is 18.6. The Balaban J connectivity index is 0.00000225. The molecule has 1 aliphatic heterocycles. The van der Waals surface area contributed by atoms with Gasteiger partial charge in [0.05, 0.1) is 6.42 Å². The Bertz CT molecular complexity index is 792. The minimum Gasteiger partial charge on any atom is -0.399 e. The Morgan fingerprint density at radius 1 is 0.867 bits per heavy atom. The molecule has 6 nitrogen and oxygen atoms in total. The van der Waals surface area contributed by atoms with Crippen LogP contribution in [0.3, 0.4) is 0 Å². The molecule has 0 saturated carbocycles. The van der Waals surface area contributed by atoms with Crippen LogP contribution in [0.15, 0.2) is 48.5 Å². The van der Waals surface area contributed by atoms with Gasteiger partial charge in [0.15, 0.2) is 0 Å². The Labute approximate surface area is 190 Å². The van der Waals surface area contributed by atoms with Crippen LogP contribution in [-0.4, -0.2) is 42.9 Å². The molecule has 1 heterocycles. The Morgan fingerprint density at radius 2 is 1.47 bits per heavy atom. The summed E-state index contributed by atoms with van der Waals surface area (Å²) in [6.07, 6.45) is 2.83. The largest absolute Gasteiger partial charge is 0.399 e. The summed E-state index contributed by atoms with van der Waals surface area (Å²) in [5, 5.41) is 5.87. The lowest BCUT2D eigenvalue weighted by atomic mass is 10.1. The normalized spacial score (nSPS) is 13.1. The first kappa shape index (κ1) is 25.8. The van der Waals surface area contributed by atoms with Gasteiger partial charge in [-0.1, -0.05) is 24.3 Å². The number of carbonyl (C=O) groups excluding carboxylic acids is 2. The molecule has 1 saturated heterocycles. The number of hydrogen-bond donors (Lipinski definition) is 3. The van der Waals surface area contributed by atoms with E-state index in [1.54, 1.807) is 24.3 Å². The average molecular weight is 453 g/mol. The fraction of sp³-hybridized carbons (Fsp3) is 0.364. The van der Waals surface area contributed by atoms with E-state index in [9.17, 15) is 9.59 Å². The van der Waals surface area contributed by atoms with Crippen LogP contribution in [0.2, 0.25) is 0 Å². The van der Waals surface area contributed by atoms with Gasteiger partial charge >= 0.3 is 0 Å². The third-order valence-electron chi connectivity index (χ3n) is 4.96. The van der Waals surface area contributed by atoms with Gasteiger partial charge in [-0.05, 0) is 61.3 Å². The number of rotatable bonds is 8. The van der Waals surface area contributed by atoms with Crippen LogP contribution in [0.25, 0.3) is 0 Å². The zero-order valence-electron chi connectivity index (χ0n) is 16.9. The molecule has 8 heteroatoms. The number of nitrogen functional groups attached to an aromatic ring is 1. The van der Waals surface area contributed by atoms with E-state index >= 15 is 0 Å². The van der Waals surface area contributed by atoms with Crippen molar-refractivity contribution in [3.8, 4) is 0 Å². The van der Waals surface area contributed by atoms with Crippen molar-refractivity contribution in [2.45, 2.75) is 25.8 Å². The smallest absolute Gasteiger partial charge is 0.251 e. The first-order valence-electron chi connectivity index (χ1n) is 9.81. The minimum atomic E-state index is -0.0573. The molecule has 0 bridgehead atoms. The molecule has 1 fully saturated rings. The highest BCUT2D eigenvalue weighted by Crippen LogP contribution is 2.08. The van der Waals surface area contributed by atoms with Gasteiger partial charge in [-0.25, -0.2) is 0 Å². The molecule has 2 amide bonds. The average Bonchev–Trinajstić information content (AvgIpc) is 3.22. The van der Waals surface area contributed by atoms with E-state index in [4.69, 9.17) is 5.73 Å². The van der Waals surface area contributed by atoms with Crippen LogP contribution < -0.4 is 16.4 Å². The highest BCUT2D eigenvalue weighted by molar-refractivity contribution is 5.94. The summed E-state index contributed by atoms with van der Waals surface area (Å²) in [6.45, 7) is 4.28. The molecule has 0 aromatic heterocycles. The second-order valence-corrected chi connectivity index (χ2v) is 7.20. The molecule has 1 aliphatic rings. The zero-order chi connectivity index (χ0) is 19.8. The molecule has 0 spiro atoms. The van der Waals surface area contributed by atoms with Crippen LogP contribution in [0.1, 0.15) is 34.3 Å². The second-order valence-electron chi connectivity index (χ2n) is 7.20. The number of carbonyl (C=O) groups is 2. The number of nitrogens with one attached hydrogen (secondary N) is 2. The van der Waals surface area contributed by atoms with Gasteiger partial charge in [0, 0.05) is 30.9 Å². The fourth-order valence-electron chi connectivity index (χ4n) is 3.29. The molecule has 3 rings (SSSR count). The molecular formula is C22H30Cl2N4O2. The molecule has 2 aromatic rings. The maximum Gasteiger partial charge on any atom is 0.251 e. The Hall–Kier alpha value is -2.28. The lowest BCUT2D eigenvalue weighted by Crippen LogP contribution is -2.33. The summed E-state index contributed by atoms with van der Waals surface area (Å²) in [7, 11) is 0. The van der Waals surface area contributed by atoms with Crippen molar-refractivity contribution in [3.63, 3.8) is 0 Å². The van der Waals surface area contributed by atoms with Gasteiger partial charge in [0.25, 0.3) is 5.91 Å². The van der Waals surface area contributed by atoms with Gasteiger partial charge in [0.2, 0.25) is 5.91 Å². The standard InChI is InChI=1S/C22H28N4O2.2ClH/c23-20-9-5-17(6-10-20)15-21(27)25-16-18-3-7-19(8-4-18)22(28)24-11-14-26-12-1-2-13-26;;/h3-10H,1-2,11-16,23H2,(H,24,28)(H,25,27);2*1H. The van der Waals surface area contributed by atoms with E-state index < -0.39 is 0 Å². The van der Waals surface area contributed by atoms with E-state index in [1.807, 2.05) is 24.3 Å². The van der Waals surface area contributed by atoms with Crippen molar-refractivity contribution >= 4 is 42.3 Å². The first-order valence-corrected chi connectivity index (χ1v) is 9.81. The lowest BCUT2D eigenvalue weighted by molar-refractivity contribution is -0.120. The number of nitrogens with zero attached hydrogens (tertiary/aromatic N) is 1. The van der Waals surface area contributed by atoms with Crippen molar-refractivity contribution in [2.24, 2.45) is 0 Å². The summed E-state index contributed by atoms with van der Waals surface area (Å²) in [5.74, 6) is -0.105.